The molecule has 0 aromatic carbocycles. The summed E-state index contributed by atoms with van der Waals surface area (Å²) in [7, 11) is 0. The SMILES string of the molecule is CCNC(=NCC(O)c1ccc(Cl)s1)NC1CCC(C(=O)OCC)CC1. The first-order valence-corrected chi connectivity index (χ1v) is 10.4. The summed E-state index contributed by atoms with van der Waals surface area (Å²) in [5.41, 5.74) is 0. The highest BCUT2D eigenvalue weighted by atomic mass is 35.5. The zero-order chi connectivity index (χ0) is 18.9. The lowest BCUT2D eigenvalue weighted by molar-refractivity contribution is -0.149. The summed E-state index contributed by atoms with van der Waals surface area (Å²) in [4.78, 5) is 17.1. The number of esters is 1. The molecular formula is C18H28ClN3O3S. The maximum absolute atomic E-state index is 11.8. The fourth-order valence-corrected chi connectivity index (χ4v) is 4.06. The molecule has 0 aliphatic heterocycles. The molecule has 2 rings (SSSR count). The van der Waals surface area contributed by atoms with Crippen LogP contribution in [0.25, 0.3) is 0 Å². The summed E-state index contributed by atoms with van der Waals surface area (Å²) in [5.74, 6) is 0.621. The number of hydrogen-bond donors (Lipinski definition) is 3. The highest BCUT2D eigenvalue weighted by molar-refractivity contribution is 7.16. The molecule has 3 N–H and O–H groups in total. The molecule has 1 atom stereocenters. The van der Waals surface area contributed by atoms with E-state index in [9.17, 15) is 9.90 Å². The minimum atomic E-state index is -0.664. The molecule has 1 saturated carbocycles. The van der Waals surface area contributed by atoms with Crippen molar-refractivity contribution in [2.24, 2.45) is 10.9 Å². The van der Waals surface area contributed by atoms with E-state index in [-0.39, 0.29) is 24.5 Å². The van der Waals surface area contributed by atoms with Crippen molar-refractivity contribution in [3.05, 3.63) is 21.3 Å². The zero-order valence-corrected chi connectivity index (χ0v) is 16.9. The van der Waals surface area contributed by atoms with E-state index in [0.29, 0.717) is 16.9 Å². The maximum atomic E-state index is 11.8. The number of carbonyl (C=O) groups is 1. The van der Waals surface area contributed by atoms with Crippen molar-refractivity contribution in [1.29, 1.82) is 0 Å². The summed E-state index contributed by atoms with van der Waals surface area (Å²) >= 11 is 7.28. The largest absolute Gasteiger partial charge is 0.466 e. The number of aliphatic imine (C=N–C) groups is 1. The van der Waals surface area contributed by atoms with Gasteiger partial charge in [-0.05, 0) is 51.7 Å². The molecule has 0 spiro atoms. The average Bonchev–Trinajstić information content (AvgIpc) is 3.07. The van der Waals surface area contributed by atoms with E-state index < -0.39 is 6.10 Å². The lowest BCUT2D eigenvalue weighted by atomic mass is 9.86. The second kappa shape index (κ2) is 10.7. The van der Waals surface area contributed by atoms with E-state index in [1.165, 1.54) is 11.3 Å². The van der Waals surface area contributed by atoms with Gasteiger partial charge in [0, 0.05) is 17.5 Å². The number of nitrogens with one attached hydrogen (secondary N) is 2. The van der Waals surface area contributed by atoms with Crippen LogP contribution in [0.3, 0.4) is 0 Å². The van der Waals surface area contributed by atoms with Gasteiger partial charge in [-0.2, -0.15) is 0 Å². The number of guanidine groups is 1. The molecule has 8 heteroatoms. The van der Waals surface area contributed by atoms with E-state index in [4.69, 9.17) is 16.3 Å². The molecule has 0 radical (unpaired) electrons. The standard InChI is InChI=1S/C18H28ClN3O3S/c1-3-20-18(21-11-14(23)15-9-10-16(19)26-15)22-13-7-5-12(6-8-13)17(24)25-4-2/h9-10,12-14,23H,3-8,11H2,1-2H3,(H2,20,21,22). The van der Waals surface area contributed by atoms with Crippen LogP contribution in [0.15, 0.2) is 17.1 Å². The fraction of sp³-hybridized carbons (Fsp3) is 0.667. The van der Waals surface area contributed by atoms with Crippen LogP contribution in [0.4, 0.5) is 0 Å². The molecule has 1 unspecified atom stereocenters. The molecule has 0 saturated heterocycles. The Kier molecular flexibility index (Phi) is 8.68. The molecule has 0 amide bonds. The topological polar surface area (TPSA) is 83.0 Å². The van der Waals surface area contributed by atoms with E-state index in [1.54, 1.807) is 6.07 Å². The minimum Gasteiger partial charge on any atom is -0.466 e. The predicted molar refractivity (Wildman–Crippen MR) is 106 cm³/mol. The van der Waals surface area contributed by atoms with Gasteiger partial charge >= 0.3 is 5.97 Å². The number of aliphatic hydroxyl groups is 1. The summed E-state index contributed by atoms with van der Waals surface area (Å²) in [6.45, 7) is 5.29. The van der Waals surface area contributed by atoms with Gasteiger partial charge in [0.2, 0.25) is 0 Å². The first kappa shape index (κ1) is 21.0. The van der Waals surface area contributed by atoms with Gasteiger partial charge in [-0.3, -0.25) is 9.79 Å². The van der Waals surface area contributed by atoms with Gasteiger partial charge in [-0.25, -0.2) is 0 Å². The van der Waals surface area contributed by atoms with Crippen LogP contribution in [0.5, 0.6) is 0 Å². The van der Waals surface area contributed by atoms with Crippen molar-refractivity contribution in [1.82, 2.24) is 10.6 Å². The lowest BCUT2D eigenvalue weighted by Gasteiger charge is -2.29. The molecule has 1 aromatic heterocycles. The molecule has 146 valence electrons. The Morgan fingerprint density at radius 2 is 2.12 bits per heavy atom. The average molecular weight is 402 g/mol. The van der Waals surface area contributed by atoms with Crippen molar-refractivity contribution in [2.75, 3.05) is 19.7 Å². The molecule has 0 bridgehead atoms. The van der Waals surface area contributed by atoms with Gasteiger partial charge in [-0.15, -0.1) is 11.3 Å². The number of rotatable bonds is 7. The zero-order valence-electron chi connectivity index (χ0n) is 15.3. The van der Waals surface area contributed by atoms with E-state index in [0.717, 1.165) is 37.1 Å². The van der Waals surface area contributed by atoms with Crippen molar-refractivity contribution in [3.8, 4) is 0 Å². The van der Waals surface area contributed by atoms with Crippen molar-refractivity contribution in [3.63, 3.8) is 0 Å². The lowest BCUT2D eigenvalue weighted by Crippen LogP contribution is -2.45. The molecular weight excluding hydrogens is 374 g/mol. The number of thiophene rings is 1. The van der Waals surface area contributed by atoms with Gasteiger partial charge in [0.05, 0.1) is 23.4 Å². The van der Waals surface area contributed by atoms with Gasteiger partial charge in [-0.1, -0.05) is 11.6 Å². The Morgan fingerprint density at radius 1 is 1.38 bits per heavy atom. The van der Waals surface area contributed by atoms with Gasteiger partial charge in [0.15, 0.2) is 5.96 Å². The normalized spacial score (nSPS) is 21.9. The number of hydrogen-bond acceptors (Lipinski definition) is 5. The first-order valence-electron chi connectivity index (χ1n) is 9.18. The smallest absolute Gasteiger partial charge is 0.308 e. The van der Waals surface area contributed by atoms with Gasteiger partial charge in [0.1, 0.15) is 6.10 Å². The Labute approximate surface area is 164 Å². The van der Waals surface area contributed by atoms with Crippen molar-refractivity contribution < 1.29 is 14.6 Å². The van der Waals surface area contributed by atoms with E-state index >= 15 is 0 Å². The molecule has 26 heavy (non-hydrogen) atoms. The number of aliphatic hydroxyl groups excluding tert-OH is 1. The van der Waals surface area contributed by atoms with Crippen LogP contribution in [-0.2, 0) is 9.53 Å². The Morgan fingerprint density at radius 3 is 2.69 bits per heavy atom. The van der Waals surface area contributed by atoms with Crippen molar-refractivity contribution in [2.45, 2.75) is 51.7 Å². The summed E-state index contributed by atoms with van der Waals surface area (Å²) < 4.78 is 5.77. The third-order valence-electron chi connectivity index (χ3n) is 4.38. The van der Waals surface area contributed by atoms with E-state index in [2.05, 4.69) is 15.6 Å². The number of halogens is 1. The minimum absolute atomic E-state index is 0.0120. The van der Waals surface area contributed by atoms with Gasteiger partial charge in [0.25, 0.3) is 0 Å². The molecule has 6 nitrogen and oxygen atoms in total. The van der Waals surface area contributed by atoms with Crippen LogP contribution in [-0.4, -0.2) is 42.8 Å². The fourth-order valence-electron chi connectivity index (χ4n) is 3.02. The Balaban J connectivity index is 1.85. The van der Waals surface area contributed by atoms with Crippen LogP contribution >= 0.6 is 22.9 Å². The number of nitrogens with zero attached hydrogens (tertiary/aromatic N) is 1. The second-order valence-corrected chi connectivity index (χ2v) is 8.07. The number of carbonyl (C=O) groups excluding carboxylic acids is 1. The molecule has 1 heterocycles. The summed E-state index contributed by atoms with van der Waals surface area (Å²) in [6, 6.07) is 3.87. The third kappa shape index (κ3) is 6.45. The molecule has 1 aliphatic carbocycles. The van der Waals surface area contributed by atoms with Gasteiger partial charge < -0.3 is 20.5 Å². The summed E-state index contributed by atoms with van der Waals surface area (Å²) in [6.07, 6.45) is 2.79. The van der Waals surface area contributed by atoms with Crippen LogP contribution in [0.2, 0.25) is 4.34 Å². The third-order valence-corrected chi connectivity index (χ3v) is 5.71. The Hall–Kier alpha value is -1.31. The highest BCUT2D eigenvalue weighted by Gasteiger charge is 2.27. The molecule has 1 aromatic rings. The highest BCUT2D eigenvalue weighted by Crippen LogP contribution is 2.27. The monoisotopic (exact) mass is 401 g/mol. The predicted octanol–water partition coefficient (Wildman–Crippen LogP) is 3.11. The van der Waals surface area contributed by atoms with Crippen molar-refractivity contribution >= 4 is 34.9 Å². The van der Waals surface area contributed by atoms with Crippen LogP contribution in [0, 0.1) is 5.92 Å². The molecule has 1 fully saturated rings. The van der Waals surface area contributed by atoms with E-state index in [1.807, 2.05) is 19.9 Å². The second-order valence-electron chi connectivity index (χ2n) is 6.32. The summed E-state index contributed by atoms with van der Waals surface area (Å²) in [5, 5.41) is 16.9. The number of ether oxygens (including phenoxy) is 1. The Bertz CT molecular complexity index is 600. The van der Waals surface area contributed by atoms with Crippen LogP contribution < -0.4 is 10.6 Å². The first-order chi connectivity index (χ1) is 12.5. The van der Waals surface area contributed by atoms with Crippen LogP contribution in [0.1, 0.15) is 50.5 Å². The molecule has 1 aliphatic rings. The maximum Gasteiger partial charge on any atom is 0.308 e. The quantitative estimate of drug-likeness (QED) is 0.371.